The van der Waals surface area contributed by atoms with E-state index in [-0.39, 0.29) is 17.4 Å². The number of alkyl halides is 1. The van der Waals surface area contributed by atoms with E-state index in [1.54, 1.807) is 7.85 Å². The van der Waals surface area contributed by atoms with Crippen molar-refractivity contribution in [3.63, 3.8) is 0 Å². The van der Waals surface area contributed by atoms with Crippen LogP contribution in [0.2, 0.25) is 0 Å². The highest BCUT2D eigenvalue weighted by Gasteiger charge is 2.40. The number of halogens is 1. The van der Waals surface area contributed by atoms with E-state index in [4.69, 9.17) is 14.5 Å². The molecular weight excluding hydrogens is 278 g/mol. The van der Waals surface area contributed by atoms with Crippen LogP contribution in [0.15, 0.2) is 0 Å². The van der Waals surface area contributed by atoms with Gasteiger partial charge in [0.05, 0.1) is 17.5 Å². The Hall–Kier alpha value is 0.575. The van der Waals surface area contributed by atoms with Gasteiger partial charge >= 0.3 is 7.82 Å². The van der Waals surface area contributed by atoms with Crippen LogP contribution in [0.5, 0.6) is 0 Å². The number of ether oxygens (including phenoxy) is 1. The van der Waals surface area contributed by atoms with Crippen molar-refractivity contribution in [1.29, 1.82) is 0 Å². The Bertz CT molecular complexity index is 246. The molecule has 1 aliphatic heterocycles. The van der Waals surface area contributed by atoms with Crippen molar-refractivity contribution < 1.29 is 28.7 Å². The van der Waals surface area contributed by atoms with Gasteiger partial charge in [-0.1, -0.05) is 15.9 Å². The number of phosphoric acid groups is 1. The molecule has 0 saturated carbocycles. The molecule has 0 spiro atoms. The third kappa shape index (κ3) is 3.31. The first-order chi connectivity index (χ1) is 6.31. The molecule has 0 aromatic carbocycles. The first kappa shape index (κ1) is 12.6. The minimum absolute atomic E-state index is 0.213. The first-order valence-corrected chi connectivity index (χ1v) is 6.43. The average Bonchev–Trinajstić information content (AvgIpc) is 2.28. The Morgan fingerprint density at radius 1 is 1.57 bits per heavy atom. The van der Waals surface area contributed by atoms with Crippen LogP contribution in [-0.2, 0) is 13.8 Å². The van der Waals surface area contributed by atoms with E-state index in [1.165, 1.54) is 0 Å². The third-order valence-electron chi connectivity index (χ3n) is 1.95. The fourth-order valence-electron chi connectivity index (χ4n) is 1.22. The van der Waals surface area contributed by atoms with Gasteiger partial charge in [0.1, 0.15) is 14.0 Å². The van der Waals surface area contributed by atoms with Crippen LogP contribution >= 0.6 is 23.8 Å². The molecule has 9 heteroatoms. The second-order valence-corrected chi connectivity index (χ2v) is 5.40. The lowest BCUT2D eigenvalue weighted by Crippen LogP contribution is -2.30. The molecule has 3 N–H and O–H groups in total. The van der Waals surface area contributed by atoms with Gasteiger partial charge in [0, 0.05) is 6.00 Å². The van der Waals surface area contributed by atoms with Crippen LogP contribution in [-0.4, -0.2) is 52.4 Å². The first-order valence-electron chi connectivity index (χ1n) is 3.99. The molecule has 82 valence electrons. The van der Waals surface area contributed by atoms with Crippen LogP contribution in [0.25, 0.3) is 0 Å². The summed E-state index contributed by atoms with van der Waals surface area (Å²) in [5.41, 5.74) is 0. The summed E-state index contributed by atoms with van der Waals surface area (Å²) < 4.78 is 19.8. The number of rotatable bonds is 3. The van der Waals surface area contributed by atoms with E-state index >= 15 is 0 Å². The molecule has 0 unspecified atom stereocenters. The summed E-state index contributed by atoms with van der Waals surface area (Å²) in [6.07, 6.45) is -1.53. The van der Waals surface area contributed by atoms with E-state index in [0.29, 0.717) is 0 Å². The summed E-state index contributed by atoms with van der Waals surface area (Å²) in [6, 6.07) is -0.213. The van der Waals surface area contributed by atoms with Crippen LogP contribution in [0, 0.1) is 0 Å². The lowest BCUT2D eigenvalue weighted by Gasteiger charge is -2.14. The monoisotopic (exact) mass is 288 g/mol. The SMILES string of the molecule is B[C@@H]1O[C@H](COP(=O)(O)O)[C@@H](O)[C@H]1Br. The molecule has 0 aromatic heterocycles. The maximum Gasteiger partial charge on any atom is 0.469 e. The fraction of sp³-hybridized carbons (Fsp3) is 1.00. The van der Waals surface area contributed by atoms with E-state index in [2.05, 4.69) is 20.5 Å². The topological polar surface area (TPSA) is 96.2 Å². The summed E-state index contributed by atoms with van der Waals surface area (Å²) >= 11 is 3.21. The molecular formula is C5H11BBrO6P. The molecule has 1 fully saturated rings. The van der Waals surface area contributed by atoms with Gasteiger partial charge < -0.3 is 19.6 Å². The van der Waals surface area contributed by atoms with Crippen molar-refractivity contribution in [2.45, 2.75) is 23.0 Å². The lowest BCUT2D eigenvalue weighted by atomic mass is 9.96. The van der Waals surface area contributed by atoms with Crippen molar-refractivity contribution in [2.75, 3.05) is 6.61 Å². The van der Waals surface area contributed by atoms with Gasteiger partial charge in [-0.3, -0.25) is 4.52 Å². The summed E-state index contributed by atoms with van der Waals surface area (Å²) in [5, 5.41) is 9.52. The van der Waals surface area contributed by atoms with Crippen molar-refractivity contribution in [1.82, 2.24) is 0 Å². The molecule has 0 amide bonds. The quantitative estimate of drug-likeness (QED) is 0.335. The van der Waals surface area contributed by atoms with Crippen LogP contribution in [0.1, 0.15) is 0 Å². The Morgan fingerprint density at radius 3 is 2.50 bits per heavy atom. The van der Waals surface area contributed by atoms with Gasteiger partial charge in [-0.2, -0.15) is 0 Å². The minimum Gasteiger partial charge on any atom is -0.389 e. The molecule has 1 saturated heterocycles. The fourth-order valence-corrected chi connectivity index (χ4v) is 2.03. The second kappa shape index (κ2) is 4.61. The highest BCUT2D eigenvalue weighted by atomic mass is 79.9. The maximum absolute atomic E-state index is 10.4. The maximum atomic E-state index is 10.4. The molecule has 0 bridgehead atoms. The van der Waals surface area contributed by atoms with Crippen LogP contribution in [0.4, 0.5) is 0 Å². The van der Waals surface area contributed by atoms with Gasteiger partial charge in [0.15, 0.2) is 0 Å². The molecule has 1 heterocycles. The number of phosphoric ester groups is 1. The van der Waals surface area contributed by atoms with Crippen molar-refractivity contribution in [2.24, 2.45) is 0 Å². The van der Waals surface area contributed by atoms with E-state index < -0.39 is 20.0 Å². The Labute approximate surface area is 90.4 Å². The van der Waals surface area contributed by atoms with E-state index in [9.17, 15) is 9.67 Å². The Balaban J connectivity index is 2.44. The summed E-state index contributed by atoms with van der Waals surface area (Å²) in [6.45, 7) is -0.322. The van der Waals surface area contributed by atoms with Gasteiger partial charge in [0.25, 0.3) is 0 Å². The molecule has 14 heavy (non-hydrogen) atoms. The smallest absolute Gasteiger partial charge is 0.389 e. The van der Waals surface area contributed by atoms with Crippen molar-refractivity contribution in [3.8, 4) is 0 Å². The zero-order valence-corrected chi connectivity index (χ0v) is 9.89. The highest BCUT2D eigenvalue weighted by molar-refractivity contribution is 9.09. The predicted molar refractivity (Wildman–Crippen MR) is 53.9 cm³/mol. The van der Waals surface area contributed by atoms with Crippen LogP contribution < -0.4 is 0 Å². The zero-order chi connectivity index (χ0) is 10.9. The number of hydrogen-bond acceptors (Lipinski definition) is 4. The Kier molecular flexibility index (Phi) is 4.16. The van der Waals surface area contributed by atoms with Gasteiger partial charge in [-0.15, -0.1) is 0 Å². The Morgan fingerprint density at radius 2 is 2.14 bits per heavy atom. The van der Waals surface area contributed by atoms with Crippen molar-refractivity contribution in [3.05, 3.63) is 0 Å². The average molecular weight is 289 g/mol. The molecule has 1 rings (SSSR count). The molecule has 1 aliphatic rings. The molecule has 4 atom stereocenters. The normalized spacial score (nSPS) is 38.9. The summed E-state index contributed by atoms with van der Waals surface area (Å²) in [5.74, 6) is 0. The number of aliphatic hydroxyl groups excluding tert-OH is 1. The highest BCUT2D eigenvalue weighted by Crippen LogP contribution is 2.37. The van der Waals surface area contributed by atoms with Crippen molar-refractivity contribution >= 4 is 31.6 Å². The van der Waals surface area contributed by atoms with Gasteiger partial charge in [-0.25, -0.2) is 4.57 Å². The third-order valence-corrected chi connectivity index (χ3v) is 3.72. The van der Waals surface area contributed by atoms with Gasteiger partial charge in [0.2, 0.25) is 0 Å². The zero-order valence-electron chi connectivity index (χ0n) is 7.41. The largest absolute Gasteiger partial charge is 0.469 e. The second-order valence-electron chi connectivity index (χ2n) is 3.10. The van der Waals surface area contributed by atoms with E-state index in [0.717, 1.165) is 0 Å². The molecule has 6 nitrogen and oxygen atoms in total. The molecule has 0 radical (unpaired) electrons. The lowest BCUT2D eigenvalue weighted by molar-refractivity contribution is -0.00412. The minimum atomic E-state index is -4.49. The number of aliphatic hydroxyl groups is 1. The predicted octanol–water partition coefficient (Wildman–Crippen LogP) is -1.42. The summed E-state index contributed by atoms with van der Waals surface area (Å²) in [7, 11) is -2.74. The molecule has 0 aromatic rings. The summed E-state index contributed by atoms with van der Waals surface area (Å²) in [4.78, 5) is 16.6. The van der Waals surface area contributed by atoms with E-state index in [1.807, 2.05) is 0 Å². The number of hydrogen-bond donors (Lipinski definition) is 3. The standard InChI is InChI=1S/C5H11BBrO6P/c6-5-3(7)4(8)2(13-5)1-12-14(9,10)11/h2-5,8H,1,6H2,(H2,9,10,11)/t2-,3-,4-,5-/m1/s1. The van der Waals surface area contributed by atoms with Gasteiger partial charge in [-0.05, 0) is 0 Å². The van der Waals surface area contributed by atoms with Crippen LogP contribution in [0.3, 0.4) is 0 Å². The molecule has 0 aliphatic carbocycles.